The van der Waals surface area contributed by atoms with Crippen molar-refractivity contribution < 1.29 is 27.2 Å². The number of carbonyl (C=O) groups is 2. The van der Waals surface area contributed by atoms with Gasteiger partial charge in [0.2, 0.25) is 5.76 Å². The van der Waals surface area contributed by atoms with E-state index in [1.54, 1.807) is 25.1 Å². The Morgan fingerprint density at radius 2 is 2.12 bits per heavy atom. The van der Waals surface area contributed by atoms with E-state index in [0.29, 0.717) is 28.0 Å². The van der Waals surface area contributed by atoms with Crippen molar-refractivity contribution in [1.29, 1.82) is 0 Å². The number of esters is 1. The maximum absolute atomic E-state index is 12.3. The Morgan fingerprint density at radius 3 is 2.73 bits per heavy atom. The lowest BCUT2D eigenvalue weighted by Gasteiger charge is -2.23. The Hall–Kier alpha value is -2.06. The van der Waals surface area contributed by atoms with Crippen molar-refractivity contribution >= 4 is 44.3 Å². The highest BCUT2D eigenvalue weighted by Crippen LogP contribution is 2.31. The van der Waals surface area contributed by atoms with E-state index in [4.69, 9.17) is 20.8 Å². The average molecular weight is 400 g/mol. The summed E-state index contributed by atoms with van der Waals surface area (Å²) in [6, 6.07) is 4.78. The van der Waals surface area contributed by atoms with Gasteiger partial charge in [-0.3, -0.25) is 4.79 Å². The smallest absolute Gasteiger partial charge is 0.375 e. The van der Waals surface area contributed by atoms with Gasteiger partial charge in [-0.2, -0.15) is 0 Å². The van der Waals surface area contributed by atoms with Gasteiger partial charge in [0.05, 0.1) is 16.5 Å². The Labute approximate surface area is 155 Å². The van der Waals surface area contributed by atoms with Gasteiger partial charge >= 0.3 is 5.97 Å². The third-order valence-corrected chi connectivity index (χ3v) is 6.63. The minimum absolute atomic E-state index is 0.00741. The minimum atomic E-state index is -3.10. The molecule has 1 aromatic carbocycles. The summed E-state index contributed by atoms with van der Waals surface area (Å²) < 4.78 is 33.6. The number of amides is 1. The van der Waals surface area contributed by atoms with Crippen LogP contribution in [-0.2, 0) is 19.4 Å². The van der Waals surface area contributed by atoms with Gasteiger partial charge in [0, 0.05) is 24.0 Å². The first-order chi connectivity index (χ1) is 12.2. The van der Waals surface area contributed by atoms with E-state index in [2.05, 4.69) is 0 Å². The van der Waals surface area contributed by atoms with E-state index in [9.17, 15) is 18.0 Å². The number of hydrogen-bond donors (Lipinski definition) is 0. The van der Waals surface area contributed by atoms with Crippen LogP contribution in [0.25, 0.3) is 11.0 Å². The van der Waals surface area contributed by atoms with Gasteiger partial charge in [-0.05, 0) is 19.4 Å². The van der Waals surface area contributed by atoms with Crippen molar-refractivity contribution in [2.45, 2.75) is 19.4 Å². The van der Waals surface area contributed by atoms with Crippen LogP contribution in [-0.4, -0.2) is 56.4 Å². The molecular weight excluding hydrogens is 382 g/mol. The molecule has 1 atom stereocenters. The Kier molecular flexibility index (Phi) is 4.98. The summed E-state index contributed by atoms with van der Waals surface area (Å²) >= 11 is 6.06. The van der Waals surface area contributed by atoms with Crippen LogP contribution in [0.15, 0.2) is 22.6 Å². The highest BCUT2D eigenvalue weighted by molar-refractivity contribution is 7.91. The molecule has 7 nitrogen and oxygen atoms in total. The average Bonchev–Trinajstić information content (AvgIpc) is 3.13. The number of rotatable bonds is 4. The number of sulfone groups is 1. The Bertz CT molecular complexity index is 981. The van der Waals surface area contributed by atoms with Gasteiger partial charge in [-0.25, -0.2) is 13.2 Å². The number of likely N-dealkylation sites (N-methyl/N-ethyl adjacent to an activating group) is 1. The van der Waals surface area contributed by atoms with Gasteiger partial charge in [0.25, 0.3) is 5.91 Å². The van der Waals surface area contributed by atoms with E-state index < -0.39 is 34.4 Å². The van der Waals surface area contributed by atoms with Gasteiger partial charge in [0.15, 0.2) is 22.0 Å². The monoisotopic (exact) mass is 399 g/mol. The summed E-state index contributed by atoms with van der Waals surface area (Å²) in [4.78, 5) is 25.8. The van der Waals surface area contributed by atoms with Crippen LogP contribution in [0.2, 0.25) is 5.02 Å². The molecule has 0 bridgehead atoms. The van der Waals surface area contributed by atoms with Crippen LogP contribution in [0, 0.1) is 6.92 Å². The van der Waals surface area contributed by atoms with Crippen LogP contribution in [0.3, 0.4) is 0 Å². The molecule has 1 unspecified atom stereocenters. The molecule has 0 spiro atoms. The zero-order valence-electron chi connectivity index (χ0n) is 14.3. The molecule has 1 aliphatic rings. The second-order valence-corrected chi connectivity index (χ2v) is 8.95. The molecule has 3 rings (SSSR count). The van der Waals surface area contributed by atoms with Crippen molar-refractivity contribution in [3.05, 3.63) is 34.5 Å². The highest BCUT2D eigenvalue weighted by atomic mass is 35.5. The summed E-state index contributed by atoms with van der Waals surface area (Å²) in [6.07, 6.45) is 0.389. The molecule has 1 fully saturated rings. The van der Waals surface area contributed by atoms with Crippen LogP contribution in [0.5, 0.6) is 0 Å². The Balaban J connectivity index is 1.66. The molecule has 1 saturated heterocycles. The predicted molar refractivity (Wildman–Crippen MR) is 96.1 cm³/mol. The topological polar surface area (TPSA) is 93.9 Å². The third-order valence-electron chi connectivity index (χ3n) is 4.58. The molecule has 0 radical (unpaired) electrons. The zero-order valence-corrected chi connectivity index (χ0v) is 15.9. The van der Waals surface area contributed by atoms with E-state index in [1.807, 2.05) is 0 Å². The number of ether oxygens (including phenoxy) is 1. The SMILES string of the molecule is Cc1c(C(=O)OCC(=O)N(C)C2CCS(=O)(=O)C2)oc2c(Cl)cccc12. The molecule has 1 aromatic heterocycles. The number of aryl methyl sites for hydroxylation is 1. The maximum atomic E-state index is 12.3. The molecule has 2 heterocycles. The van der Waals surface area contributed by atoms with Crippen molar-refractivity contribution in [3.63, 3.8) is 0 Å². The minimum Gasteiger partial charge on any atom is -0.450 e. The van der Waals surface area contributed by atoms with Gasteiger partial charge in [0.1, 0.15) is 0 Å². The standard InChI is InChI=1S/C17H18ClNO6S/c1-10-12-4-3-5-13(18)16(12)25-15(10)17(21)24-8-14(20)19(2)11-6-7-26(22,23)9-11/h3-5,11H,6-9H2,1-2H3. The zero-order chi connectivity index (χ0) is 19.1. The molecule has 0 N–H and O–H groups in total. The van der Waals surface area contributed by atoms with E-state index in [0.717, 1.165) is 0 Å². The second kappa shape index (κ2) is 6.92. The van der Waals surface area contributed by atoms with Crippen LogP contribution in [0.4, 0.5) is 0 Å². The fourth-order valence-corrected chi connectivity index (χ4v) is 4.97. The Morgan fingerprint density at radius 1 is 1.38 bits per heavy atom. The number of furan rings is 1. The highest BCUT2D eigenvalue weighted by Gasteiger charge is 2.33. The van der Waals surface area contributed by atoms with Crippen molar-refractivity contribution in [2.75, 3.05) is 25.2 Å². The maximum Gasteiger partial charge on any atom is 0.375 e. The van der Waals surface area contributed by atoms with Crippen LogP contribution < -0.4 is 0 Å². The molecule has 140 valence electrons. The molecule has 9 heteroatoms. The number of nitrogens with zero attached hydrogens (tertiary/aromatic N) is 1. The first kappa shape index (κ1) is 18.7. The number of halogens is 1. The van der Waals surface area contributed by atoms with Gasteiger partial charge in [-0.1, -0.05) is 23.7 Å². The summed E-state index contributed by atoms with van der Waals surface area (Å²) in [7, 11) is -1.59. The number of hydrogen-bond acceptors (Lipinski definition) is 6. The van der Waals surface area contributed by atoms with Gasteiger partial charge in [-0.15, -0.1) is 0 Å². The summed E-state index contributed by atoms with van der Waals surface area (Å²) in [5, 5.41) is 1.08. The fraction of sp³-hybridized carbons (Fsp3) is 0.412. The summed E-state index contributed by atoms with van der Waals surface area (Å²) in [5.74, 6) is -1.24. The lowest BCUT2D eigenvalue weighted by Crippen LogP contribution is -2.40. The number of benzene rings is 1. The molecular formula is C17H18ClNO6S. The molecule has 1 aliphatic heterocycles. The van der Waals surface area contributed by atoms with Gasteiger partial charge < -0.3 is 14.1 Å². The molecule has 26 heavy (non-hydrogen) atoms. The predicted octanol–water partition coefficient (Wildman–Crippen LogP) is 2.20. The molecule has 0 aliphatic carbocycles. The molecule has 1 amide bonds. The largest absolute Gasteiger partial charge is 0.450 e. The third kappa shape index (κ3) is 3.57. The van der Waals surface area contributed by atoms with Crippen LogP contribution in [0.1, 0.15) is 22.5 Å². The quantitative estimate of drug-likeness (QED) is 0.731. The van der Waals surface area contributed by atoms with E-state index in [-0.39, 0.29) is 17.3 Å². The van der Waals surface area contributed by atoms with E-state index >= 15 is 0 Å². The van der Waals surface area contributed by atoms with E-state index in [1.165, 1.54) is 11.9 Å². The first-order valence-corrected chi connectivity index (χ1v) is 10.2. The lowest BCUT2D eigenvalue weighted by atomic mass is 10.1. The lowest BCUT2D eigenvalue weighted by molar-refractivity contribution is -0.134. The van der Waals surface area contributed by atoms with Crippen molar-refractivity contribution in [2.24, 2.45) is 0 Å². The fourth-order valence-electron chi connectivity index (χ4n) is 2.98. The van der Waals surface area contributed by atoms with Crippen molar-refractivity contribution in [3.8, 4) is 0 Å². The molecule has 0 saturated carbocycles. The second-order valence-electron chi connectivity index (χ2n) is 6.31. The number of fused-ring (bicyclic) bond motifs is 1. The first-order valence-electron chi connectivity index (χ1n) is 8.00. The number of para-hydroxylation sites is 1. The van der Waals surface area contributed by atoms with Crippen molar-refractivity contribution in [1.82, 2.24) is 4.90 Å². The molecule has 2 aromatic rings. The summed E-state index contributed by atoms with van der Waals surface area (Å²) in [5.41, 5.74) is 0.966. The normalized spacial score (nSPS) is 18.8. The number of carbonyl (C=O) groups excluding carboxylic acids is 2. The van der Waals surface area contributed by atoms with Crippen LogP contribution >= 0.6 is 11.6 Å². The summed E-state index contributed by atoms with van der Waals surface area (Å²) in [6.45, 7) is 1.21.